The normalized spacial score (nSPS) is 18.0. The minimum Gasteiger partial charge on any atom is -0.281 e. The lowest BCUT2D eigenvalue weighted by Crippen LogP contribution is -2.27. The van der Waals surface area contributed by atoms with E-state index in [-0.39, 0.29) is 5.41 Å². The van der Waals surface area contributed by atoms with Gasteiger partial charge in [-0.1, -0.05) is 45.0 Å². The maximum absolute atomic E-state index is 5.41. The van der Waals surface area contributed by atoms with Gasteiger partial charge in [0, 0.05) is 11.5 Å². The number of benzene rings is 1. The third-order valence-electron chi connectivity index (χ3n) is 4.39. The van der Waals surface area contributed by atoms with Crippen LogP contribution < -0.4 is 0 Å². The van der Waals surface area contributed by atoms with Gasteiger partial charge in [0.1, 0.15) is 5.82 Å². The average Bonchev–Trinajstić information content (AvgIpc) is 3.02. The van der Waals surface area contributed by atoms with Crippen LogP contribution >= 0.6 is 12.2 Å². The summed E-state index contributed by atoms with van der Waals surface area (Å²) >= 11 is 5.41. The van der Waals surface area contributed by atoms with E-state index in [1.165, 1.54) is 17.5 Å². The number of H-pyrrole nitrogens is 1. The number of aromatic nitrogens is 3. The summed E-state index contributed by atoms with van der Waals surface area (Å²) in [5.74, 6) is 0.942. The Hall–Kier alpha value is -1.46. The van der Waals surface area contributed by atoms with E-state index in [9.17, 15) is 0 Å². The van der Waals surface area contributed by atoms with Crippen LogP contribution in [-0.4, -0.2) is 26.7 Å². The van der Waals surface area contributed by atoms with Crippen molar-refractivity contribution in [1.29, 1.82) is 0 Å². The number of nitrogens with one attached hydrogen (secondary N) is 1. The summed E-state index contributed by atoms with van der Waals surface area (Å²) < 4.78 is 2.60. The molecule has 1 aromatic heterocycles. The molecule has 0 fully saturated rings. The molecule has 3 rings (SSSR count). The monoisotopic (exact) mass is 316 g/mol. The van der Waals surface area contributed by atoms with Crippen LogP contribution in [0.4, 0.5) is 0 Å². The second-order valence-corrected chi connectivity index (χ2v) is 7.55. The van der Waals surface area contributed by atoms with E-state index in [0.717, 1.165) is 18.9 Å². The van der Waals surface area contributed by atoms with Crippen molar-refractivity contribution in [3.05, 3.63) is 46.0 Å². The Morgan fingerprint density at radius 1 is 1.36 bits per heavy atom. The molecule has 0 saturated heterocycles. The standard InChI is InChI=1S/C17H24N4S/c1-17(2,3)15-18-16(22)21(19-15)11-20(4)14-10-9-12-7-5-6-8-13(12)14/h5-8,14H,9-11H2,1-4H3,(H,18,19,22). The zero-order chi connectivity index (χ0) is 15.9. The van der Waals surface area contributed by atoms with Gasteiger partial charge in [-0.15, -0.1) is 0 Å². The summed E-state index contributed by atoms with van der Waals surface area (Å²) in [6.07, 6.45) is 2.33. The molecule has 5 heteroatoms. The van der Waals surface area contributed by atoms with Crippen molar-refractivity contribution in [3.8, 4) is 0 Å². The summed E-state index contributed by atoms with van der Waals surface area (Å²) in [5, 5.41) is 3.36. The molecule has 1 unspecified atom stereocenters. The molecule has 4 nitrogen and oxygen atoms in total. The molecule has 22 heavy (non-hydrogen) atoms. The molecule has 0 amide bonds. The number of hydrogen-bond acceptors (Lipinski definition) is 3. The molecule has 1 heterocycles. The van der Waals surface area contributed by atoms with Crippen molar-refractivity contribution in [1.82, 2.24) is 19.7 Å². The minimum atomic E-state index is -0.0165. The summed E-state index contributed by atoms with van der Waals surface area (Å²) in [6, 6.07) is 9.20. The van der Waals surface area contributed by atoms with Crippen LogP contribution in [-0.2, 0) is 18.5 Å². The van der Waals surface area contributed by atoms with Crippen LogP contribution in [0.25, 0.3) is 0 Å². The van der Waals surface area contributed by atoms with Gasteiger partial charge in [-0.3, -0.25) is 10.00 Å². The van der Waals surface area contributed by atoms with Gasteiger partial charge in [0.05, 0.1) is 6.67 Å². The van der Waals surface area contributed by atoms with Crippen LogP contribution in [0, 0.1) is 4.77 Å². The maximum Gasteiger partial charge on any atom is 0.217 e. The summed E-state index contributed by atoms with van der Waals surface area (Å²) in [6.45, 7) is 7.16. The van der Waals surface area contributed by atoms with Gasteiger partial charge in [0.15, 0.2) is 0 Å². The highest BCUT2D eigenvalue weighted by Gasteiger charge is 2.26. The molecule has 0 bridgehead atoms. The first-order valence-electron chi connectivity index (χ1n) is 7.81. The highest BCUT2D eigenvalue weighted by molar-refractivity contribution is 7.71. The van der Waals surface area contributed by atoms with Gasteiger partial charge < -0.3 is 0 Å². The van der Waals surface area contributed by atoms with E-state index in [1.54, 1.807) is 0 Å². The fourth-order valence-electron chi connectivity index (χ4n) is 3.10. The molecule has 1 aliphatic carbocycles. The second kappa shape index (κ2) is 5.63. The summed E-state index contributed by atoms with van der Waals surface area (Å²) in [4.78, 5) is 6.85. The Balaban J connectivity index is 1.80. The third kappa shape index (κ3) is 2.88. The highest BCUT2D eigenvalue weighted by Crippen LogP contribution is 2.34. The Morgan fingerprint density at radius 3 is 2.77 bits per heavy atom. The minimum absolute atomic E-state index is 0.0165. The Bertz CT molecular complexity index is 723. The first-order valence-corrected chi connectivity index (χ1v) is 8.22. The molecule has 118 valence electrons. The van der Waals surface area contributed by atoms with E-state index >= 15 is 0 Å². The predicted molar refractivity (Wildman–Crippen MR) is 91.4 cm³/mol. The molecule has 1 aromatic carbocycles. The number of aromatic amines is 1. The lowest BCUT2D eigenvalue weighted by molar-refractivity contribution is 0.181. The van der Waals surface area contributed by atoms with Gasteiger partial charge >= 0.3 is 0 Å². The molecule has 1 aliphatic rings. The van der Waals surface area contributed by atoms with Crippen molar-refractivity contribution in [2.75, 3.05) is 7.05 Å². The molecule has 0 spiro atoms. The van der Waals surface area contributed by atoms with Crippen LogP contribution in [0.2, 0.25) is 0 Å². The quantitative estimate of drug-likeness (QED) is 0.875. The first kappa shape index (κ1) is 15.4. The molecular weight excluding hydrogens is 292 g/mol. The maximum atomic E-state index is 5.41. The Labute approximate surface area is 137 Å². The number of nitrogens with zero attached hydrogens (tertiary/aromatic N) is 3. The van der Waals surface area contributed by atoms with Crippen LogP contribution in [0.1, 0.15) is 50.2 Å². The van der Waals surface area contributed by atoms with Crippen molar-refractivity contribution < 1.29 is 0 Å². The smallest absolute Gasteiger partial charge is 0.217 e. The van der Waals surface area contributed by atoms with Crippen molar-refractivity contribution in [3.63, 3.8) is 0 Å². The molecule has 2 aromatic rings. The van der Waals surface area contributed by atoms with Gasteiger partial charge in [0.2, 0.25) is 4.77 Å². The molecule has 0 radical (unpaired) electrons. The average molecular weight is 316 g/mol. The van der Waals surface area contributed by atoms with E-state index in [0.29, 0.717) is 10.8 Å². The predicted octanol–water partition coefficient (Wildman–Crippen LogP) is 3.81. The van der Waals surface area contributed by atoms with Crippen molar-refractivity contribution in [2.45, 2.75) is 51.7 Å². The van der Waals surface area contributed by atoms with Crippen molar-refractivity contribution in [2.24, 2.45) is 0 Å². The van der Waals surface area contributed by atoms with E-state index < -0.39 is 0 Å². The fourth-order valence-corrected chi connectivity index (χ4v) is 3.30. The topological polar surface area (TPSA) is 36.9 Å². The zero-order valence-corrected chi connectivity index (χ0v) is 14.6. The number of hydrogen-bond donors (Lipinski definition) is 1. The molecule has 0 aliphatic heterocycles. The van der Waals surface area contributed by atoms with Gasteiger partial charge in [-0.05, 0) is 43.2 Å². The largest absolute Gasteiger partial charge is 0.281 e. The van der Waals surface area contributed by atoms with Crippen LogP contribution in [0.15, 0.2) is 24.3 Å². The highest BCUT2D eigenvalue weighted by atomic mass is 32.1. The number of fused-ring (bicyclic) bond motifs is 1. The van der Waals surface area contributed by atoms with Gasteiger partial charge in [-0.2, -0.15) is 0 Å². The summed E-state index contributed by atoms with van der Waals surface area (Å²) in [5.41, 5.74) is 2.91. The Morgan fingerprint density at radius 2 is 2.09 bits per heavy atom. The van der Waals surface area contributed by atoms with E-state index in [4.69, 9.17) is 12.2 Å². The SMILES string of the molecule is CN(Cn1[nH]c(C(C)(C)C)nc1=S)C1CCc2ccccc21. The van der Waals surface area contributed by atoms with Gasteiger partial charge in [-0.25, -0.2) is 9.67 Å². The van der Waals surface area contributed by atoms with Gasteiger partial charge in [0.25, 0.3) is 0 Å². The zero-order valence-electron chi connectivity index (χ0n) is 13.8. The Kier molecular flexibility index (Phi) is 3.95. The van der Waals surface area contributed by atoms with Crippen LogP contribution in [0.5, 0.6) is 0 Å². The molecule has 0 saturated carbocycles. The lowest BCUT2D eigenvalue weighted by atomic mass is 9.96. The number of aryl methyl sites for hydroxylation is 1. The fraction of sp³-hybridized carbons (Fsp3) is 0.529. The van der Waals surface area contributed by atoms with E-state index in [2.05, 4.69) is 67.1 Å². The third-order valence-corrected chi connectivity index (χ3v) is 4.70. The second-order valence-electron chi connectivity index (χ2n) is 7.18. The molecule has 1 atom stereocenters. The summed E-state index contributed by atoms with van der Waals surface area (Å²) in [7, 11) is 2.16. The molecular formula is C17H24N4S. The van der Waals surface area contributed by atoms with Crippen molar-refractivity contribution >= 4 is 12.2 Å². The molecule has 1 N–H and O–H groups in total. The van der Waals surface area contributed by atoms with E-state index in [1.807, 2.05) is 4.68 Å². The van der Waals surface area contributed by atoms with Crippen LogP contribution in [0.3, 0.4) is 0 Å². The number of rotatable bonds is 3. The lowest BCUT2D eigenvalue weighted by Gasteiger charge is -2.25. The first-order chi connectivity index (χ1) is 10.4.